The van der Waals surface area contributed by atoms with Gasteiger partial charge in [0.1, 0.15) is 6.61 Å². The summed E-state index contributed by atoms with van der Waals surface area (Å²) in [5, 5.41) is 14.4. The monoisotopic (exact) mass is 292 g/mol. The van der Waals surface area contributed by atoms with Gasteiger partial charge in [0, 0.05) is 18.7 Å². The number of ether oxygens (including phenoxy) is 1. The first-order valence-electron chi connectivity index (χ1n) is 6.63. The Bertz CT molecular complexity index is 698. The van der Waals surface area contributed by atoms with Crippen molar-refractivity contribution in [2.75, 3.05) is 19.7 Å². The van der Waals surface area contributed by atoms with Crippen LogP contribution in [0.15, 0.2) is 23.3 Å². The summed E-state index contributed by atoms with van der Waals surface area (Å²) in [6, 6.07) is 2.61. The lowest BCUT2D eigenvalue weighted by molar-refractivity contribution is -0.385. The van der Waals surface area contributed by atoms with Crippen molar-refractivity contribution in [3.05, 3.63) is 38.9 Å². The van der Waals surface area contributed by atoms with E-state index >= 15 is 0 Å². The van der Waals surface area contributed by atoms with Crippen LogP contribution in [0.3, 0.4) is 0 Å². The van der Waals surface area contributed by atoms with Gasteiger partial charge in [0.25, 0.3) is 5.56 Å². The van der Waals surface area contributed by atoms with Crippen molar-refractivity contribution in [2.24, 2.45) is 0 Å². The van der Waals surface area contributed by atoms with Crippen LogP contribution in [-0.4, -0.2) is 34.6 Å². The number of hydrogen-bond donors (Lipinski definition) is 2. The Morgan fingerprint density at radius 2 is 2.24 bits per heavy atom. The summed E-state index contributed by atoms with van der Waals surface area (Å²) in [6.45, 7) is 3.80. The molecule has 0 unspecified atom stereocenters. The molecule has 0 aliphatic rings. The summed E-state index contributed by atoms with van der Waals surface area (Å²) >= 11 is 0. The molecule has 0 spiro atoms. The molecule has 0 fully saturated rings. The van der Waals surface area contributed by atoms with Crippen molar-refractivity contribution in [3.8, 4) is 5.75 Å². The van der Waals surface area contributed by atoms with E-state index in [2.05, 4.69) is 15.3 Å². The van der Waals surface area contributed by atoms with Crippen LogP contribution in [0.5, 0.6) is 5.75 Å². The van der Waals surface area contributed by atoms with Crippen LogP contribution in [0.4, 0.5) is 5.69 Å². The largest absolute Gasteiger partial charge is 0.485 e. The number of fused-ring (bicyclic) bond motifs is 1. The second-order valence-corrected chi connectivity index (χ2v) is 4.42. The average Bonchev–Trinajstić information content (AvgIpc) is 2.46. The molecule has 112 valence electrons. The van der Waals surface area contributed by atoms with Gasteiger partial charge in [0.15, 0.2) is 5.75 Å². The smallest absolute Gasteiger partial charge is 0.311 e. The highest BCUT2D eigenvalue weighted by atomic mass is 16.6. The average molecular weight is 292 g/mol. The third kappa shape index (κ3) is 3.54. The topological polar surface area (TPSA) is 110 Å². The number of aromatic nitrogens is 2. The molecule has 0 saturated heterocycles. The van der Waals surface area contributed by atoms with Gasteiger partial charge in [-0.25, -0.2) is 4.98 Å². The number of nitrogens with zero attached hydrogens (tertiary/aromatic N) is 2. The molecule has 2 aromatic rings. The lowest BCUT2D eigenvalue weighted by Gasteiger charge is -2.08. The summed E-state index contributed by atoms with van der Waals surface area (Å²) in [4.78, 5) is 28.5. The third-order valence-electron chi connectivity index (χ3n) is 2.88. The van der Waals surface area contributed by atoms with E-state index in [4.69, 9.17) is 4.74 Å². The molecule has 0 radical (unpaired) electrons. The molecule has 0 aliphatic heterocycles. The maximum atomic E-state index is 11.6. The van der Waals surface area contributed by atoms with Crippen molar-refractivity contribution in [3.63, 3.8) is 0 Å². The Morgan fingerprint density at radius 1 is 1.43 bits per heavy atom. The Hall–Kier alpha value is -2.48. The van der Waals surface area contributed by atoms with Gasteiger partial charge < -0.3 is 15.0 Å². The van der Waals surface area contributed by atoms with Gasteiger partial charge in [-0.3, -0.25) is 14.9 Å². The number of nitro groups is 1. The number of nitro benzene ring substituents is 1. The molecule has 0 atom stereocenters. The SMILES string of the molecule is CCCNCCOc1cc2nc[nH]c(=O)c2cc1[N+](=O)[O-]. The van der Waals surface area contributed by atoms with E-state index in [0.29, 0.717) is 18.7 Å². The number of aromatic amines is 1. The number of hydrogen-bond acceptors (Lipinski definition) is 6. The summed E-state index contributed by atoms with van der Waals surface area (Å²) in [5.41, 5.74) is -0.295. The van der Waals surface area contributed by atoms with E-state index in [0.717, 1.165) is 13.0 Å². The molecule has 8 nitrogen and oxygen atoms in total. The van der Waals surface area contributed by atoms with Gasteiger partial charge in [-0.15, -0.1) is 0 Å². The van der Waals surface area contributed by atoms with Crippen molar-refractivity contribution in [2.45, 2.75) is 13.3 Å². The predicted molar refractivity (Wildman–Crippen MR) is 77.7 cm³/mol. The van der Waals surface area contributed by atoms with Crippen LogP contribution >= 0.6 is 0 Å². The zero-order valence-corrected chi connectivity index (χ0v) is 11.6. The number of rotatable bonds is 7. The van der Waals surface area contributed by atoms with Gasteiger partial charge in [-0.2, -0.15) is 0 Å². The molecule has 0 saturated carbocycles. The first-order valence-corrected chi connectivity index (χ1v) is 6.63. The summed E-state index contributed by atoms with van der Waals surface area (Å²) in [6.07, 6.45) is 2.26. The fraction of sp³-hybridized carbons (Fsp3) is 0.385. The van der Waals surface area contributed by atoms with Gasteiger partial charge in [0.2, 0.25) is 0 Å². The maximum Gasteiger partial charge on any atom is 0.311 e. The van der Waals surface area contributed by atoms with Gasteiger partial charge >= 0.3 is 5.69 Å². The van der Waals surface area contributed by atoms with Crippen LogP contribution in [0, 0.1) is 10.1 Å². The van der Waals surface area contributed by atoms with Crippen LogP contribution in [0.2, 0.25) is 0 Å². The standard InChI is InChI=1S/C13H16N4O4/c1-2-3-14-4-5-21-12-7-10-9(6-11(12)17(19)20)13(18)16-8-15-10/h6-8,14H,2-5H2,1H3,(H,15,16,18). The van der Waals surface area contributed by atoms with Crippen LogP contribution in [0.1, 0.15) is 13.3 Å². The van der Waals surface area contributed by atoms with Crippen LogP contribution < -0.4 is 15.6 Å². The van der Waals surface area contributed by atoms with E-state index in [1.807, 2.05) is 6.92 Å². The normalized spacial score (nSPS) is 10.7. The first kappa shape index (κ1) is 14.9. The Balaban J connectivity index is 2.26. The minimum absolute atomic E-state index is 0.115. The lowest BCUT2D eigenvalue weighted by atomic mass is 10.2. The Kier molecular flexibility index (Phi) is 4.83. The van der Waals surface area contributed by atoms with E-state index in [9.17, 15) is 14.9 Å². The summed E-state index contributed by atoms with van der Waals surface area (Å²) in [5.74, 6) is 0.115. The Morgan fingerprint density at radius 3 is 2.95 bits per heavy atom. The van der Waals surface area contributed by atoms with Gasteiger partial charge in [-0.1, -0.05) is 6.92 Å². The lowest BCUT2D eigenvalue weighted by Crippen LogP contribution is -2.21. The third-order valence-corrected chi connectivity index (χ3v) is 2.88. The molecule has 1 aromatic heterocycles. The van der Waals surface area contributed by atoms with E-state index in [1.54, 1.807) is 0 Å². The van der Waals surface area contributed by atoms with E-state index in [-0.39, 0.29) is 16.8 Å². The molecule has 0 bridgehead atoms. The second-order valence-electron chi connectivity index (χ2n) is 4.42. The maximum absolute atomic E-state index is 11.6. The zero-order chi connectivity index (χ0) is 15.2. The van der Waals surface area contributed by atoms with E-state index < -0.39 is 10.5 Å². The molecule has 1 heterocycles. The fourth-order valence-electron chi connectivity index (χ4n) is 1.88. The van der Waals surface area contributed by atoms with Crippen molar-refractivity contribution in [1.29, 1.82) is 0 Å². The Labute approximate surface area is 120 Å². The summed E-state index contributed by atoms with van der Waals surface area (Å²) in [7, 11) is 0. The highest BCUT2D eigenvalue weighted by molar-refractivity contribution is 5.82. The van der Waals surface area contributed by atoms with Crippen LogP contribution in [-0.2, 0) is 0 Å². The van der Waals surface area contributed by atoms with Gasteiger partial charge in [-0.05, 0) is 13.0 Å². The molecule has 2 N–H and O–H groups in total. The second kappa shape index (κ2) is 6.80. The van der Waals surface area contributed by atoms with Crippen molar-refractivity contribution < 1.29 is 9.66 Å². The number of nitrogens with one attached hydrogen (secondary N) is 2. The quantitative estimate of drug-likeness (QED) is 0.451. The number of benzene rings is 1. The molecule has 21 heavy (non-hydrogen) atoms. The minimum atomic E-state index is -0.569. The molecule has 1 aromatic carbocycles. The highest BCUT2D eigenvalue weighted by Crippen LogP contribution is 2.29. The minimum Gasteiger partial charge on any atom is -0.485 e. The fourth-order valence-corrected chi connectivity index (χ4v) is 1.88. The molecule has 2 rings (SSSR count). The zero-order valence-electron chi connectivity index (χ0n) is 11.6. The molecule has 8 heteroatoms. The molecular formula is C13H16N4O4. The first-order chi connectivity index (χ1) is 10.1. The van der Waals surface area contributed by atoms with Crippen molar-refractivity contribution >= 4 is 16.6 Å². The molecular weight excluding hydrogens is 276 g/mol. The summed E-state index contributed by atoms with van der Waals surface area (Å²) < 4.78 is 5.44. The highest BCUT2D eigenvalue weighted by Gasteiger charge is 2.18. The van der Waals surface area contributed by atoms with E-state index in [1.165, 1.54) is 18.5 Å². The number of H-pyrrole nitrogens is 1. The van der Waals surface area contributed by atoms with Gasteiger partial charge in [0.05, 0.1) is 22.2 Å². The molecule has 0 amide bonds. The predicted octanol–water partition coefficient (Wildman–Crippen LogP) is 1.21. The van der Waals surface area contributed by atoms with Crippen LogP contribution in [0.25, 0.3) is 10.9 Å². The van der Waals surface area contributed by atoms with Crippen molar-refractivity contribution in [1.82, 2.24) is 15.3 Å². The molecule has 0 aliphatic carbocycles.